The van der Waals surface area contributed by atoms with E-state index >= 15 is 0 Å². The Kier molecular flexibility index (Phi) is 69.8. The predicted molar refractivity (Wildman–Crippen MR) is 408 cm³/mol. The Morgan fingerprint density at radius 3 is 0.798 bits per heavy atom. The highest BCUT2D eigenvalue weighted by Gasteiger charge is 2.29. The second kappa shape index (κ2) is 73.2. The summed E-state index contributed by atoms with van der Waals surface area (Å²) in [7, 11) is -9.80. The number of ether oxygens (including phenoxy) is 3. The molecule has 0 saturated heterocycles. The average Bonchev–Trinajstić information content (AvgIpc) is 2.96. The van der Waals surface area contributed by atoms with Gasteiger partial charge < -0.3 is 34.2 Å². The molecule has 566 valence electrons. The Labute approximate surface area is 600 Å². The van der Waals surface area contributed by atoms with Crippen molar-refractivity contribution in [3.8, 4) is 0 Å². The second-order valence-corrected chi connectivity index (χ2v) is 27.9. The molecule has 0 aromatic rings. The molecule has 0 aliphatic rings. The summed E-state index contributed by atoms with van der Waals surface area (Å²) in [4.78, 5) is 58.5. The number of carbonyl (C=O) groups is 3. The van der Waals surface area contributed by atoms with Crippen LogP contribution in [0.3, 0.4) is 0 Å². The van der Waals surface area contributed by atoms with Gasteiger partial charge in [0.05, 0.1) is 26.4 Å². The maximum Gasteiger partial charge on any atom is 0.472 e. The molecular weight excluding hydrogens is 1290 g/mol. The summed E-state index contributed by atoms with van der Waals surface area (Å²) in [6.45, 7) is 2.28. The molecular formula is C81H136O16P2. The van der Waals surface area contributed by atoms with E-state index in [2.05, 4.69) is 167 Å². The Morgan fingerprint density at radius 2 is 0.505 bits per heavy atom. The van der Waals surface area contributed by atoms with Crippen molar-refractivity contribution in [2.75, 3.05) is 39.6 Å². The summed E-state index contributed by atoms with van der Waals surface area (Å²) in [6.07, 6.45) is 89.1. The van der Waals surface area contributed by atoms with Crippen molar-refractivity contribution in [3.05, 3.63) is 146 Å². The number of rotatable bonds is 71. The van der Waals surface area contributed by atoms with Gasteiger partial charge in [-0.3, -0.25) is 32.5 Å². The van der Waals surface area contributed by atoms with Crippen molar-refractivity contribution in [2.24, 2.45) is 0 Å². The van der Waals surface area contributed by atoms with Crippen LogP contribution in [0.1, 0.15) is 290 Å². The van der Waals surface area contributed by atoms with Gasteiger partial charge in [0, 0.05) is 19.3 Å². The highest BCUT2D eigenvalue weighted by molar-refractivity contribution is 7.47. The molecule has 0 aliphatic heterocycles. The quantitative estimate of drug-likeness (QED) is 0.0146. The first-order valence-corrected chi connectivity index (χ1v) is 41.1. The number of allylic oxidation sites excluding steroid dienone is 24. The molecule has 0 radical (unpaired) electrons. The third kappa shape index (κ3) is 74.4. The molecule has 99 heavy (non-hydrogen) atoms. The van der Waals surface area contributed by atoms with Crippen LogP contribution >= 0.6 is 15.6 Å². The minimum absolute atomic E-state index is 0.0758. The van der Waals surface area contributed by atoms with E-state index in [1.807, 2.05) is 0 Å². The second-order valence-electron chi connectivity index (χ2n) is 25.0. The summed E-state index contributed by atoms with van der Waals surface area (Å²) >= 11 is 0. The van der Waals surface area contributed by atoms with Gasteiger partial charge in [-0.05, 0) is 135 Å². The fraction of sp³-hybridized carbons (Fsp3) is 0.667. The molecule has 5 unspecified atom stereocenters. The molecule has 0 fully saturated rings. The lowest BCUT2D eigenvalue weighted by Crippen LogP contribution is -2.30. The van der Waals surface area contributed by atoms with Crippen LogP contribution in [-0.2, 0) is 55.8 Å². The summed E-state index contributed by atoms with van der Waals surface area (Å²) in [5.41, 5.74) is 0. The zero-order chi connectivity index (χ0) is 72.3. The maximum absolute atomic E-state index is 12.9. The maximum atomic E-state index is 12.9. The van der Waals surface area contributed by atoms with Crippen molar-refractivity contribution in [1.29, 1.82) is 0 Å². The Bertz CT molecular complexity index is 2380. The smallest absolute Gasteiger partial charge is 0.463 e. The molecule has 0 aromatic carbocycles. The fourth-order valence-electron chi connectivity index (χ4n) is 9.84. The van der Waals surface area contributed by atoms with Gasteiger partial charge in [0.15, 0.2) is 6.10 Å². The first-order valence-electron chi connectivity index (χ1n) is 38.1. The number of esters is 3. The number of unbranched alkanes of at least 4 members (excludes halogenated alkanes) is 24. The van der Waals surface area contributed by atoms with Crippen LogP contribution in [0.2, 0.25) is 0 Å². The van der Waals surface area contributed by atoms with E-state index in [0.29, 0.717) is 19.3 Å². The average molecular weight is 1430 g/mol. The molecule has 4 N–H and O–H groups in total. The van der Waals surface area contributed by atoms with Crippen LogP contribution in [-0.4, -0.2) is 95.9 Å². The van der Waals surface area contributed by atoms with Gasteiger partial charge in [0.2, 0.25) is 0 Å². The largest absolute Gasteiger partial charge is 0.472 e. The molecule has 0 saturated carbocycles. The molecule has 0 heterocycles. The van der Waals surface area contributed by atoms with Crippen molar-refractivity contribution in [3.63, 3.8) is 0 Å². The summed E-state index contributed by atoms with van der Waals surface area (Å²) < 4.78 is 61.0. The van der Waals surface area contributed by atoms with E-state index in [9.17, 15) is 43.5 Å². The van der Waals surface area contributed by atoms with Crippen LogP contribution in [0.15, 0.2) is 146 Å². The molecule has 18 heteroatoms. The van der Waals surface area contributed by atoms with E-state index < -0.39 is 91.5 Å². The zero-order valence-electron chi connectivity index (χ0n) is 61.6. The minimum Gasteiger partial charge on any atom is -0.463 e. The third-order valence-electron chi connectivity index (χ3n) is 15.5. The number of aliphatic hydroxyl groups excluding tert-OH is 2. The van der Waals surface area contributed by atoms with E-state index in [1.165, 1.54) is 77.0 Å². The van der Waals surface area contributed by atoms with Crippen molar-refractivity contribution >= 4 is 33.6 Å². The number of hydrogen-bond acceptors (Lipinski definition) is 14. The van der Waals surface area contributed by atoms with Gasteiger partial charge in [-0.15, -0.1) is 0 Å². The van der Waals surface area contributed by atoms with Crippen molar-refractivity contribution < 1.29 is 75.8 Å². The predicted octanol–water partition coefficient (Wildman–Crippen LogP) is 22.1. The molecule has 0 spiro atoms. The SMILES string of the molecule is CC/C=C\C/C=C\C/C=C\C/C=C\C/C=C\CCCCCCCCCCCCCCCCCC(=O)OCC(O)COP(=O)(O)OCC(O)COP(=O)(O)OCC(COC(=O)CCCCCC/C=C\C/C=C\C/C=C\C/C=C\CC)OC(=O)CCCCCCC/C=C\C/C=C\C/C=C\CC. The van der Waals surface area contributed by atoms with Crippen molar-refractivity contribution in [2.45, 2.75) is 309 Å². The number of hydrogen-bond donors (Lipinski definition) is 4. The Balaban J connectivity index is 4.48. The molecule has 0 bridgehead atoms. The number of aliphatic hydroxyl groups is 2. The van der Waals surface area contributed by atoms with Gasteiger partial charge >= 0.3 is 33.6 Å². The molecule has 16 nitrogen and oxygen atoms in total. The standard InChI is InChI=1S/C81H136O16P2/c1-4-7-10-13-16-19-22-25-28-30-31-32-33-34-35-36-37-38-39-40-41-42-43-45-48-49-52-55-58-61-64-67-79(84)91-70-76(82)71-93-98(87,88)94-72-77(83)73-95-99(89,90)96-75-78(97-81(86)69-66-63-60-57-54-51-46-27-24-21-18-15-12-9-6-3)74-92-80(85)68-65-62-59-56-53-50-47-44-29-26-23-20-17-14-11-8-5-2/h7-12,16-21,25-29,31-32,34-35,46-47,50,76-78,82-83H,4-6,13-15,22-24,30,33,36-45,48-49,51-75H2,1-3H3,(H,87,88)(H,89,90)/b10-7-,11-8-,12-9-,19-16-,20-17-,21-18-,28-25-,29-26-,32-31-,35-34-,46-27-,50-47-. The van der Waals surface area contributed by atoms with Crippen LogP contribution in [0.5, 0.6) is 0 Å². The summed E-state index contributed by atoms with van der Waals surface area (Å²) in [6, 6.07) is 0. The van der Waals surface area contributed by atoms with E-state index in [0.717, 1.165) is 154 Å². The fourth-order valence-corrected chi connectivity index (χ4v) is 11.4. The van der Waals surface area contributed by atoms with E-state index in [1.54, 1.807) is 0 Å². The number of carbonyl (C=O) groups excluding carboxylic acids is 3. The Morgan fingerprint density at radius 1 is 0.283 bits per heavy atom. The minimum atomic E-state index is -4.94. The topological polar surface area (TPSA) is 231 Å². The molecule has 0 aromatic heterocycles. The number of phosphoric ester groups is 2. The van der Waals surface area contributed by atoms with E-state index in [-0.39, 0.29) is 19.3 Å². The molecule has 0 aliphatic carbocycles. The van der Waals surface area contributed by atoms with Crippen LogP contribution in [0.25, 0.3) is 0 Å². The van der Waals surface area contributed by atoms with Gasteiger partial charge in [-0.25, -0.2) is 9.13 Å². The third-order valence-corrected chi connectivity index (χ3v) is 17.4. The van der Waals surface area contributed by atoms with Gasteiger partial charge in [-0.1, -0.05) is 282 Å². The lowest BCUT2D eigenvalue weighted by atomic mass is 10.0. The van der Waals surface area contributed by atoms with E-state index in [4.69, 9.17) is 32.3 Å². The van der Waals surface area contributed by atoms with Crippen LogP contribution < -0.4 is 0 Å². The van der Waals surface area contributed by atoms with Crippen molar-refractivity contribution in [1.82, 2.24) is 0 Å². The molecule has 0 rings (SSSR count). The highest BCUT2D eigenvalue weighted by atomic mass is 31.2. The first-order chi connectivity index (χ1) is 48.2. The van der Waals surface area contributed by atoms with Gasteiger partial charge in [-0.2, -0.15) is 0 Å². The molecule has 0 amide bonds. The summed E-state index contributed by atoms with van der Waals surface area (Å²) in [5.74, 6) is -1.63. The summed E-state index contributed by atoms with van der Waals surface area (Å²) in [5, 5.41) is 20.6. The van der Waals surface area contributed by atoms with Crippen LogP contribution in [0, 0.1) is 0 Å². The van der Waals surface area contributed by atoms with Crippen LogP contribution in [0.4, 0.5) is 0 Å². The van der Waals surface area contributed by atoms with Gasteiger partial charge in [0.1, 0.15) is 25.4 Å². The lowest BCUT2D eigenvalue weighted by Gasteiger charge is -2.21. The lowest BCUT2D eigenvalue weighted by molar-refractivity contribution is -0.161. The normalized spacial score (nSPS) is 14.9. The highest BCUT2D eigenvalue weighted by Crippen LogP contribution is 2.45. The monoisotopic (exact) mass is 1430 g/mol. The number of phosphoric acid groups is 2. The molecule has 5 atom stereocenters. The zero-order valence-corrected chi connectivity index (χ0v) is 63.4. The Hall–Kier alpha value is -4.57. The first kappa shape index (κ1) is 94.4. The van der Waals surface area contributed by atoms with Gasteiger partial charge in [0.25, 0.3) is 0 Å².